The number of aromatic nitrogens is 2. The van der Waals surface area contributed by atoms with Crippen molar-refractivity contribution in [3.63, 3.8) is 0 Å². The minimum atomic E-state index is -0.919. The van der Waals surface area contributed by atoms with E-state index in [-0.39, 0.29) is 0 Å². The highest BCUT2D eigenvalue weighted by Crippen LogP contribution is 2.25. The summed E-state index contributed by atoms with van der Waals surface area (Å²) in [5.41, 5.74) is 1.69. The first-order valence-corrected chi connectivity index (χ1v) is 5.43. The lowest BCUT2D eigenvalue weighted by molar-refractivity contribution is 0.0696. The summed E-state index contributed by atoms with van der Waals surface area (Å²) < 4.78 is 0. The Balaban J connectivity index is 2.51. The number of anilines is 1. The molecule has 1 saturated heterocycles. The largest absolute Gasteiger partial charge is 0.478 e. The molecule has 0 aliphatic carbocycles. The van der Waals surface area contributed by atoms with E-state index in [4.69, 9.17) is 0 Å². The van der Waals surface area contributed by atoms with Gasteiger partial charge in [-0.25, -0.2) is 4.79 Å². The number of carboxylic acid groups (broad SMARTS) is 1. The van der Waals surface area contributed by atoms with E-state index < -0.39 is 5.97 Å². The first-order valence-electron chi connectivity index (χ1n) is 5.43. The number of nitrogens with zero attached hydrogens (tertiary/aromatic N) is 3. The van der Waals surface area contributed by atoms with Crippen molar-refractivity contribution in [2.75, 3.05) is 18.0 Å². The van der Waals surface area contributed by atoms with E-state index in [0.29, 0.717) is 22.6 Å². The van der Waals surface area contributed by atoms with Gasteiger partial charge in [0.25, 0.3) is 0 Å². The Morgan fingerprint density at radius 3 is 2.44 bits per heavy atom. The lowest BCUT2D eigenvalue weighted by Crippen LogP contribution is -2.23. The zero-order valence-electron chi connectivity index (χ0n) is 9.53. The molecule has 0 amide bonds. The van der Waals surface area contributed by atoms with Gasteiger partial charge >= 0.3 is 5.97 Å². The molecule has 1 fully saturated rings. The molecule has 0 saturated carbocycles. The van der Waals surface area contributed by atoms with Crippen molar-refractivity contribution in [3.05, 3.63) is 16.8 Å². The second-order valence-corrected chi connectivity index (χ2v) is 4.11. The number of carboxylic acids is 1. The molecule has 0 spiro atoms. The van der Waals surface area contributed by atoms with Crippen LogP contribution in [-0.4, -0.2) is 34.4 Å². The SMILES string of the molecule is Cc1nnc(N2CCCC2)c(C(=O)O)c1C. The summed E-state index contributed by atoms with van der Waals surface area (Å²) in [5, 5.41) is 17.3. The van der Waals surface area contributed by atoms with Crippen LogP contribution in [0.4, 0.5) is 5.82 Å². The minimum absolute atomic E-state index is 0.300. The third kappa shape index (κ3) is 1.73. The number of hydrogen-bond acceptors (Lipinski definition) is 4. The number of aromatic carboxylic acids is 1. The average molecular weight is 221 g/mol. The maximum absolute atomic E-state index is 11.3. The number of carbonyl (C=O) groups is 1. The van der Waals surface area contributed by atoms with Crippen LogP contribution in [0.1, 0.15) is 34.5 Å². The molecule has 86 valence electrons. The van der Waals surface area contributed by atoms with Crippen LogP contribution in [0.3, 0.4) is 0 Å². The van der Waals surface area contributed by atoms with E-state index in [1.807, 2.05) is 4.90 Å². The van der Waals surface area contributed by atoms with Gasteiger partial charge in [-0.1, -0.05) is 0 Å². The normalized spacial score (nSPS) is 15.5. The lowest BCUT2D eigenvalue weighted by Gasteiger charge is -2.19. The Morgan fingerprint density at radius 2 is 1.88 bits per heavy atom. The fourth-order valence-corrected chi connectivity index (χ4v) is 2.00. The summed E-state index contributed by atoms with van der Waals surface area (Å²) in [6, 6.07) is 0. The molecule has 1 aromatic heterocycles. The Kier molecular flexibility index (Phi) is 2.77. The summed E-state index contributed by atoms with van der Waals surface area (Å²) in [4.78, 5) is 13.3. The van der Waals surface area contributed by atoms with Crippen molar-refractivity contribution >= 4 is 11.8 Å². The zero-order valence-corrected chi connectivity index (χ0v) is 9.53. The van der Waals surface area contributed by atoms with Gasteiger partial charge in [-0.05, 0) is 32.3 Å². The molecule has 0 atom stereocenters. The van der Waals surface area contributed by atoms with Gasteiger partial charge < -0.3 is 10.0 Å². The Hall–Kier alpha value is -1.65. The number of hydrogen-bond donors (Lipinski definition) is 1. The van der Waals surface area contributed by atoms with Gasteiger partial charge in [0, 0.05) is 13.1 Å². The van der Waals surface area contributed by atoms with Crippen molar-refractivity contribution < 1.29 is 9.90 Å². The van der Waals surface area contributed by atoms with Gasteiger partial charge in [0.2, 0.25) is 0 Å². The van der Waals surface area contributed by atoms with Crippen molar-refractivity contribution in [2.45, 2.75) is 26.7 Å². The molecule has 0 aromatic carbocycles. The van der Waals surface area contributed by atoms with E-state index in [0.717, 1.165) is 25.9 Å². The summed E-state index contributed by atoms with van der Waals surface area (Å²) in [6.45, 7) is 5.31. The van der Waals surface area contributed by atoms with Crippen LogP contribution < -0.4 is 4.90 Å². The maximum Gasteiger partial charge on any atom is 0.339 e. The molecule has 2 rings (SSSR count). The predicted octanol–water partition coefficient (Wildman–Crippen LogP) is 1.39. The molecule has 0 unspecified atom stereocenters. The minimum Gasteiger partial charge on any atom is -0.478 e. The van der Waals surface area contributed by atoms with Crippen LogP contribution in [0.15, 0.2) is 0 Å². The molecule has 1 aliphatic heterocycles. The Labute approximate surface area is 94.1 Å². The molecule has 0 radical (unpaired) electrons. The van der Waals surface area contributed by atoms with Crippen molar-refractivity contribution in [1.82, 2.24) is 10.2 Å². The van der Waals surface area contributed by atoms with Crippen LogP contribution >= 0.6 is 0 Å². The molecule has 5 nitrogen and oxygen atoms in total. The third-order valence-electron chi connectivity index (χ3n) is 3.06. The van der Waals surface area contributed by atoms with Crippen LogP contribution in [-0.2, 0) is 0 Å². The van der Waals surface area contributed by atoms with Gasteiger partial charge in [-0.3, -0.25) is 0 Å². The summed E-state index contributed by atoms with van der Waals surface area (Å²) in [6.07, 6.45) is 2.18. The van der Waals surface area contributed by atoms with Gasteiger partial charge in [0.1, 0.15) is 5.56 Å². The molecule has 2 heterocycles. The van der Waals surface area contributed by atoms with Crippen LogP contribution in [0.2, 0.25) is 0 Å². The standard InChI is InChI=1S/C11H15N3O2/c1-7-8(2)12-13-10(9(7)11(15)16)14-5-3-4-6-14/h3-6H2,1-2H3,(H,15,16). The van der Waals surface area contributed by atoms with Crippen molar-refractivity contribution in [2.24, 2.45) is 0 Å². The number of rotatable bonds is 2. The van der Waals surface area contributed by atoms with E-state index in [9.17, 15) is 9.90 Å². The molecular weight excluding hydrogens is 206 g/mol. The number of aryl methyl sites for hydroxylation is 1. The summed E-state index contributed by atoms with van der Waals surface area (Å²) >= 11 is 0. The first kappa shape index (κ1) is 10.9. The summed E-state index contributed by atoms with van der Waals surface area (Å²) in [7, 11) is 0. The smallest absolute Gasteiger partial charge is 0.339 e. The highest BCUT2D eigenvalue weighted by molar-refractivity contribution is 5.95. The van der Waals surface area contributed by atoms with E-state index in [1.165, 1.54) is 0 Å². The second-order valence-electron chi connectivity index (χ2n) is 4.11. The quantitative estimate of drug-likeness (QED) is 0.817. The van der Waals surface area contributed by atoms with E-state index >= 15 is 0 Å². The van der Waals surface area contributed by atoms with Crippen LogP contribution in [0, 0.1) is 13.8 Å². The first-order chi connectivity index (χ1) is 7.61. The molecule has 1 aliphatic rings. The van der Waals surface area contributed by atoms with Gasteiger partial charge in [-0.15, -0.1) is 5.10 Å². The lowest BCUT2D eigenvalue weighted by atomic mass is 10.1. The van der Waals surface area contributed by atoms with Gasteiger partial charge in [0.05, 0.1) is 5.69 Å². The predicted molar refractivity (Wildman–Crippen MR) is 59.9 cm³/mol. The second kappa shape index (κ2) is 4.08. The topological polar surface area (TPSA) is 66.3 Å². The summed E-state index contributed by atoms with van der Waals surface area (Å²) in [5.74, 6) is -0.398. The fourth-order valence-electron chi connectivity index (χ4n) is 2.00. The van der Waals surface area contributed by atoms with Gasteiger partial charge in [-0.2, -0.15) is 5.10 Å². The van der Waals surface area contributed by atoms with E-state index in [2.05, 4.69) is 10.2 Å². The Bertz CT molecular complexity index is 425. The Morgan fingerprint density at radius 1 is 1.25 bits per heavy atom. The third-order valence-corrected chi connectivity index (χ3v) is 3.06. The highest BCUT2D eigenvalue weighted by atomic mass is 16.4. The fraction of sp³-hybridized carbons (Fsp3) is 0.545. The van der Waals surface area contributed by atoms with Crippen molar-refractivity contribution in [3.8, 4) is 0 Å². The van der Waals surface area contributed by atoms with Crippen LogP contribution in [0.5, 0.6) is 0 Å². The molecule has 1 N–H and O–H groups in total. The molecule has 5 heteroatoms. The average Bonchev–Trinajstić information content (AvgIpc) is 2.74. The van der Waals surface area contributed by atoms with Gasteiger partial charge in [0.15, 0.2) is 5.82 Å². The molecule has 16 heavy (non-hydrogen) atoms. The molecular formula is C11H15N3O2. The molecule has 0 bridgehead atoms. The van der Waals surface area contributed by atoms with E-state index in [1.54, 1.807) is 13.8 Å². The zero-order chi connectivity index (χ0) is 11.7. The van der Waals surface area contributed by atoms with Crippen LogP contribution in [0.25, 0.3) is 0 Å². The monoisotopic (exact) mass is 221 g/mol. The maximum atomic E-state index is 11.3. The highest BCUT2D eigenvalue weighted by Gasteiger charge is 2.23. The van der Waals surface area contributed by atoms with Crippen molar-refractivity contribution in [1.29, 1.82) is 0 Å². The molecule has 1 aromatic rings.